The van der Waals surface area contributed by atoms with Gasteiger partial charge in [-0.05, 0) is 62.8 Å². The summed E-state index contributed by atoms with van der Waals surface area (Å²) in [6.45, 7) is -19.8. The van der Waals surface area contributed by atoms with Crippen LogP contribution in [0.1, 0.15) is 67.6 Å². The summed E-state index contributed by atoms with van der Waals surface area (Å²) in [5, 5.41) is 2.91. The molecule has 1 saturated carbocycles. The molecule has 1 aromatic rings. The van der Waals surface area contributed by atoms with E-state index in [1.165, 1.54) is 24.4 Å². The molecule has 2 N–H and O–H groups in total. The van der Waals surface area contributed by atoms with E-state index in [0.29, 0.717) is 0 Å². The van der Waals surface area contributed by atoms with Crippen LogP contribution in [0.4, 0.5) is 10.5 Å². The van der Waals surface area contributed by atoms with Crippen molar-refractivity contribution in [3.63, 3.8) is 0 Å². The third-order valence-corrected chi connectivity index (χ3v) is 3.83. The molecule has 0 aromatic heterocycles. The molecule has 6 heteroatoms. The fourth-order valence-corrected chi connectivity index (χ4v) is 2.17. The molecular weight excluding hydrogens is 360 g/mol. The Balaban J connectivity index is 2.44. The normalized spacial score (nSPS) is 57.4. The average molecular weight is 415 g/mol. The Labute approximate surface area is 199 Å². The largest absolute Gasteiger partial charge is 0.368 e. The number of urea groups is 1. The molecule has 0 radical (unpaired) electrons. The van der Waals surface area contributed by atoms with E-state index < -0.39 is 92.9 Å². The standard InChI is InChI=1S/C21H33ClN4O/c1-16-4-3-5-19(20(16)22)26-14-12-25(13-15-26)11-10-17-6-8-18(9-7-17)24-21(27)23-2/h3-5,17-18H,6-15H2,1-2H3,(H2,23,24,27)/i6D2,7D2,8D2,9D2,10D2,11D2,12D2,13D2,14D2,15D2,17D,18D. The van der Waals surface area contributed by atoms with Crippen LogP contribution in [0.5, 0.6) is 0 Å². The number of rotatable bonds is 5. The maximum atomic E-state index is 12.2. The van der Waals surface area contributed by atoms with Gasteiger partial charge in [0.15, 0.2) is 0 Å². The Morgan fingerprint density at radius 2 is 2.00 bits per heavy atom. The van der Waals surface area contributed by atoms with E-state index in [-0.39, 0.29) is 15.5 Å². The van der Waals surface area contributed by atoms with Crippen molar-refractivity contribution in [2.45, 2.75) is 44.8 Å². The van der Waals surface area contributed by atoms with E-state index in [0.717, 1.165) is 13.1 Å². The number of benzene rings is 1. The van der Waals surface area contributed by atoms with Crippen molar-refractivity contribution in [1.29, 1.82) is 0 Å². The fourth-order valence-electron chi connectivity index (χ4n) is 1.96. The van der Waals surface area contributed by atoms with Crippen LogP contribution in [0, 0.1) is 12.8 Å². The lowest BCUT2D eigenvalue weighted by Crippen LogP contribution is -2.47. The van der Waals surface area contributed by atoms with Crippen LogP contribution in [0.15, 0.2) is 18.2 Å². The lowest BCUT2D eigenvalue weighted by atomic mass is 9.84. The Kier molecular flexibility index (Phi) is 2.24. The summed E-state index contributed by atoms with van der Waals surface area (Å²) >= 11 is 6.27. The quantitative estimate of drug-likeness (QED) is 0.772. The second-order valence-electron chi connectivity index (χ2n) is 5.22. The molecule has 1 heterocycles. The van der Waals surface area contributed by atoms with Gasteiger partial charge >= 0.3 is 6.03 Å². The number of aryl methyl sites for hydroxylation is 1. The molecule has 2 fully saturated rings. The molecule has 3 rings (SSSR count). The molecule has 0 atom stereocenters. The van der Waals surface area contributed by atoms with Crippen LogP contribution >= 0.6 is 11.6 Å². The number of anilines is 1. The summed E-state index contributed by atoms with van der Waals surface area (Å²) in [4.78, 5) is 11.1. The van der Waals surface area contributed by atoms with Crippen LogP contribution in [-0.4, -0.2) is 56.5 Å². The first-order valence-corrected chi connectivity index (χ1v) is 8.11. The molecule has 0 unspecified atom stereocenters. The highest BCUT2D eigenvalue weighted by atomic mass is 35.5. The highest BCUT2D eigenvalue weighted by Crippen LogP contribution is 2.30. The van der Waals surface area contributed by atoms with Crippen molar-refractivity contribution in [2.75, 3.05) is 44.4 Å². The first-order valence-electron chi connectivity index (χ1n) is 18.7. The molecule has 27 heavy (non-hydrogen) atoms. The van der Waals surface area contributed by atoms with Crippen LogP contribution in [0.2, 0.25) is 5.02 Å². The van der Waals surface area contributed by atoms with Crippen molar-refractivity contribution in [1.82, 2.24) is 15.5 Å². The smallest absolute Gasteiger partial charge is 0.314 e. The number of nitrogens with zero attached hydrogens (tertiary/aromatic N) is 2. The first-order chi connectivity index (χ1) is 21.4. The fraction of sp³-hybridized carbons (Fsp3) is 0.667. The number of halogens is 1. The van der Waals surface area contributed by atoms with Crippen LogP contribution < -0.4 is 15.5 Å². The monoisotopic (exact) mass is 414 g/mol. The molecule has 1 aliphatic carbocycles. The predicted octanol–water partition coefficient (Wildman–Crippen LogP) is 3.65. The number of carbonyl (C=O) groups is 1. The molecule has 2 amide bonds. The third kappa shape index (κ3) is 5.52. The van der Waals surface area contributed by atoms with Crippen molar-refractivity contribution in [3.8, 4) is 0 Å². The number of hydrogen-bond donors (Lipinski definition) is 2. The van der Waals surface area contributed by atoms with Crippen molar-refractivity contribution in [3.05, 3.63) is 28.8 Å². The van der Waals surface area contributed by atoms with Gasteiger partial charge in [0.05, 0.1) is 17.6 Å². The summed E-state index contributed by atoms with van der Waals surface area (Å²) in [6, 6.07) is -1.94. The Bertz CT molecular complexity index is 1460. The molecule has 1 aliphatic heterocycles. The van der Waals surface area contributed by atoms with Gasteiger partial charge in [0.2, 0.25) is 0 Å². The second-order valence-corrected chi connectivity index (χ2v) is 5.59. The Morgan fingerprint density at radius 3 is 2.67 bits per heavy atom. The Morgan fingerprint density at radius 1 is 1.30 bits per heavy atom. The summed E-state index contributed by atoms with van der Waals surface area (Å²) in [6.07, 6.45) is -22.8. The number of hydrogen-bond acceptors (Lipinski definition) is 3. The van der Waals surface area contributed by atoms with Gasteiger partial charge in [-0.15, -0.1) is 0 Å². The lowest BCUT2D eigenvalue weighted by Gasteiger charge is -2.37. The highest BCUT2D eigenvalue weighted by Gasteiger charge is 2.24. The van der Waals surface area contributed by atoms with Gasteiger partial charge < -0.3 is 15.5 Å². The van der Waals surface area contributed by atoms with Gasteiger partial charge in [-0.1, -0.05) is 23.7 Å². The minimum Gasteiger partial charge on any atom is -0.368 e. The van der Waals surface area contributed by atoms with E-state index in [1.54, 1.807) is 0 Å². The summed E-state index contributed by atoms with van der Waals surface area (Å²) in [5.41, 5.74) is -0.430. The number of carbonyl (C=O) groups excluding carboxylic acids is 1. The van der Waals surface area contributed by atoms with E-state index in [1.807, 2.05) is 5.32 Å². The summed E-state index contributed by atoms with van der Waals surface area (Å²) in [5.74, 6) is -4.82. The zero-order valence-corrected chi connectivity index (χ0v) is 15.2. The molecule has 5 nitrogen and oxygen atoms in total. The van der Waals surface area contributed by atoms with Crippen molar-refractivity contribution < 1.29 is 35.0 Å². The molecule has 150 valence electrons. The summed E-state index contributed by atoms with van der Waals surface area (Å²) in [7, 11) is 0.920. The van der Waals surface area contributed by atoms with Gasteiger partial charge in [-0.3, -0.25) is 4.90 Å². The van der Waals surface area contributed by atoms with E-state index in [9.17, 15) is 4.79 Å². The van der Waals surface area contributed by atoms with Gasteiger partial charge in [0, 0.05) is 62.4 Å². The van der Waals surface area contributed by atoms with Gasteiger partial charge in [0.25, 0.3) is 0 Å². The minimum atomic E-state index is -4.89. The molecule has 0 bridgehead atoms. The van der Waals surface area contributed by atoms with E-state index >= 15 is 0 Å². The van der Waals surface area contributed by atoms with Gasteiger partial charge in [-0.25, -0.2) is 4.79 Å². The topological polar surface area (TPSA) is 47.6 Å². The van der Waals surface area contributed by atoms with E-state index in [4.69, 9.17) is 41.8 Å². The molecule has 2 aliphatic rings. The second kappa shape index (κ2) is 9.65. The molecule has 1 saturated heterocycles. The number of nitrogens with one attached hydrogen (secondary N) is 2. The molecular formula is C21H33ClN4O. The third-order valence-electron chi connectivity index (χ3n) is 3.34. The van der Waals surface area contributed by atoms with Crippen LogP contribution in [-0.2, 0) is 0 Å². The SMILES string of the molecule is [2H]C1([2H])N(c2cccc(C)c2Cl)C([2H])([2H])C([2H])([2H])N(C([2H])([2H])C([2H])([2H])C2([2H])C([2H])([2H])C([2H])([2H])C([2H])(NC(=O)NC)C([2H])([2H])C2([2H])[2H])C1([2H])[2H]. The highest BCUT2D eigenvalue weighted by molar-refractivity contribution is 6.34. The zero-order chi connectivity index (χ0) is 39.0. The van der Waals surface area contributed by atoms with E-state index in [2.05, 4.69) is 0 Å². The lowest BCUT2D eigenvalue weighted by molar-refractivity contribution is 0.206. The van der Waals surface area contributed by atoms with Gasteiger partial charge in [-0.2, -0.15) is 0 Å². The van der Waals surface area contributed by atoms with Crippen LogP contribution in [0.3, 0.4) is 0 Å². The number of amides is 2. The predicted molar refractivity (Wildman–Crippen MR) is 113 cm³/mol. The maximum Gasteiger partial charge on any atom is 0.314 e. The molecule has 1 aromatic carbocycles. The minimum absolute atomic E-state index is 0.0801. The first kappa shape index (κ1) is 6.27. The Hall–Kier alpha value is -1.46. The molecule has 0 spiro atoms. The van der Waals surface area contributed by atoms with Crippen LogP contribution in [0.25, 0.3) is 0 Å². The maximum absolute atomic E-state index is 12.2. The summed E-state index contributed by atoms with van der Waals surface area (Å²) < 4.78 is 190. The number of piperazine rings is 1. The van der Waals surface area contributed by atoms with Gasteiger partial charge in [0.1, 0.15) is 0 Å². The van der Waals surface area contributed by atoms with Crippen molar-refractivity contribution in [2.24, 2.45) is 5.89 Å². The zero-order valence-electron chi connectivity index (χ0n) is 36.4. The average Bonchev–Trinajstić information content (AvgIpc) is 2.91. The van der Waals surface area contributed by atoms with Crippen molar-refractivity contribution >= 4 is 23.3 Å².